The number of ketones is 1. The van der Waals surface area contributed by atoms with Crippen LogP contribution in [0, 0.1) is 6.57 Å². The topological polar surface area (TPSA) is 33.9 Å². The standard InChI is InChI=1S/C22H20F6N2O2/c1-15(31)3-4-16-5-8-18(9-6-16)32-12-11-30(14-21(23,24)25)17-7-10-20(29-2)19(13-17)22(26,27)28/h5-10,13H,3-4,11-12,14H2,1H3. The molecule has 0 heterocycles. The maximum absolute atomic E-state index is 13.2. The summed E-state index contributed by atoms with van der Waals surface area (Å²) in [5.41, 5.74) is -1.40. The molecule has 172 valence electrons. The first-order valence-electron chi connectivity index (χ1n) is 9.50. The Hall–Kier alpha value is -3.22. The van der Waals surface area contributed by atoms with Crippen molar-refractivity contribution in [1.29, 1.82) is 0 Å². The number of alkyl halides is 6. The van der Waals surface area contributed by atoms with Crippen molar-refractivity contribution >= 4 is 17.2 Å². The predicted octanol–water partition coefficient (Wildman–Crippen LogP) is 6.23. The lowest BCUT2D eigenvalue weighted by molar-refractivity contribution is -0.136. The van der Waals surface area contributed by atoms with Gasteiger partial charge in [-0.2, -0.15) is 26.3 Å². The van der Waals surface area contributed by atoms with Gasteiger partial charge in [-0.3, -0.25) is 0 Å². The molecule has 0 aliphatic heterocycles. The molecule has 0 amide bonds. The van der Waals surface area contributed by atoms with Crippen LogP contribution >= 0.6 is 0 Å². The Morgan fingerprint density at radius 1 is 1.06 bits per heavy atom. The van der Waals surface area contributed by atoms with Crippen molar-refractivity contribution in [1.82, 2.24) is 0 Å². The van der Waals surface area contributed by atoms with Crippen LogP contribution in [0.3, 0.4) is 0 Å². The zero-order chi connectivity index (χ0) is 23.9. The SMILES string of the molecule is [C-]#[N+]c1ccc(N(CCOc2ccc(CCC(C)=O)cc2)CC(F)(F)F)cc1C(F)(F)F. The Balaban J connectivity index is 2.12. The molecule has 2 aromatic carbocycles. The fourth-order valence-electron chi connectivity index (χ4n) is 2.91. The van der Waals surface area contributed by atoms with Crippen LogP contribution in [0.4, 0.5) is 37.7 Å². The molecule has 4 nitrogen and oxygen atoms in total. The average molecular weight is 458 g/mol. The van der Waals surface area contributed by atoms with Crippen molar-refractivity contribution < 1.29 is 35.9 Å². The lowest BCUT2D eigenvalue weighted by Crippen LogP contribution is -2.37. The lowest BCUT2D eigenvalue weighted by atomic mass is 10.1. The van der Waals surface area contributed by atoms with Crippen LogP contribution in [0.1, 0.15) is 24.5 Å². The van der Waals surface area contributed by atoms with Gasteiger partial charge in [0.25, 0.3) is 0 Å². The van der Waals surface area contributed by atoms with E-state index in [0.29, 0.717) is 24.7 Å². The molecule has 0 unspecified atom stereocenters. The molecule has 0 bridgehead atoms. The van der Waals surface area contributed by atoms with Crippen LogP contribution < -0.4 is 9.64 Å². The van der Waals surface area contributed by atoms with Crippen molar-refractivity contribution in [3.63, 3.8) is 0 Å². The van der Waals surface area contributed by atoms with E-state index < -0.39 is 30.1 Å². The summed E-state index contributed by atoms with van der Waals surface area (Å²) in [4.78, 5) is 14.5. The number of halogens is 6. The highest BCUT2D eigenvalue weighted by Crippen LogP contribution is 2.39. The number of anilines is 1. The number of ether oxygens (including phenoxy) is 1. The van der Waals surface area contributed by atoms with Gasteiger partial charge >= 0.3 is 12.4 Å². The maximum atomic E-state index is 13.2. The molecule has 0 atom stereocenters. The number of hydrogen-bond acceptors (Lipinski definition) is 3. The Kier molecular flexibility index (Phi) is 8.14. The Morgan fingerprint density at radius 2 is 1.72 bits per heavy atom. The van der Waals surface area contributed by atoms with E-state index in [-0.39, 0.29) is 24.6 Å². The van der Waals surface area contributed by atoms with E-state index in [4.69, 9.17) is 11.3 Å². The van der Waals surface area contributed by atoms with Gasteiger partial charge in [0.15, 0.2) is 5.69 Å². The van der Waals surface area contributed by atoms with Crippen LogP contribution in [-0.4, -0.2) is 31.7 Å². The summed E-state index contributed by atoms with van der Waals surface area (Å²) >= 11 is 0. The largest absolute Gasteiger partial charge is 0.492 e. The van der Waals surface area contributed by atoms with Gasteiger partial charge in [-0.15, -0.1) is 0 Å². The number of carbonyl (C=O) groups is 1. The zero-order valence-electron chi connectivity index (χ0n) is 17.1. The van der Waals surface area contributed by atoms with Gasteiger partial charge < -0.3 is 14.4 Å². The summed E-state index contributed by atoms with van der Waals surface area (Å²) in [6.45, 7) is 6.31. The molecule has 0 saturated heterocycles. The minimum Gasteiger partial charge on any atom is -0.492 e. The van der Waals surface area contributed by atoms with E-state index in [2.05, 4.69) is 4.85 Å². The second-order valence-electron chi connectivity index (χ2n) is 7.04. The lowest BCUT2D eigenvalue weighted by Gasteiger charge is -2.27. The minimum atomic E-state index is -4.87. The van der Waals surface area contributed by atoms with Gasteiger partial charge in [0.2, 0.25) is 0 Å². The summed E-state index contributed by atoms with van der Waals surface area (Å²) in [6, 6.07) is 9.12. The third kappa shape index (κ3) is 7.80. The van der Waals surface area contributed by atoms with Crippen LogP contribution in [0.2, 0.25) is 0 Å². The second kappa shape index (κ2) is 10.4. The normalized spacial score (nSPS) is 11.7. The third-order valence-electron chi connectivity index (χ3n) is 4.46. The van der Waals surface area contributed by atoms with Crippen molar-refractivity contribution in [3.8, 4) is 5.75 Å². The molecule has 32 heavy (non-hydrogen) atoms. The monoisotopic (exact) mass is 458 g/mol. The highest BCUT2D eigenvalue weighted by molar-refractivity contribution is 5.75. The van der Waals surface area contributed by atoms with Gasteiger partial charge in [-0.1, -0.05) is 18.2 Å². The van der Waals surface area contributed by atoms with E-state index in [0.717, 1.165) is 22.6 Å². The number of nitrogens with zero attached hydrogens (tertiary/aromatic N) is 2. The summed E-state index contributed by atoms with van der Waals surface area (Å²) in [5.74, 6) is 0.427. The number of rotatable bonds is 9. The molecule has 0 aliphatic rings. The fraction of sp³-hybridized carbons (Fsp3) is 0.364. The number of benzene rings is 2. The second-order valence-corrected chi connectivity index (χ2v) is 7.04. The van der Waals surface area contributed by atoms with Gasteiger partial charge in [0.1, 0.15) is 24.7 Å². The quantitative estimate of drug-likeness (QED) is 0.330. The van der Waals surface area contributed by atoms with Gasteiger partial charge in [-0.05, 0) is 43.2 Å². The van der Waals surface area contributed by atoms with Crippen LogP contribution in [-0.2, 0) is 17.4 Å². The van der Waals surface area contributed by atoms with E-state index in [1.54, 1.807) is 24.3 Å². The Morgan fingerprint density at radius 3 is 2.25 bits per heavy atom. The fourth-order valence-corrected chi connectivity index (χ4v) is 2.91. The summed E-state index contributed by atoms with van der Waals surface area (Å²) < 4.78 is 84.1. The molecular weight excluding hydrogens is 438 g/mol. The van der Waals surface area contributed by atoms with E-state index >= 15 is 0 Å². The molecule has 0 fully saturated rings. The minimum absolute atomic E-state index is 0.0493. The molecular formula is C22H20F6N2O2. The molecule has 0 N–H and O–H groups in total. The highest BCUT2D eigenvalue weighted by Gasteiger charge is 2.35. The molecule has 10 heteroatoms. The van der Waals surface area contributed by atoms with Crippen molar-refractivity contribution in [3.05, 3.63) is 65.0 Å². The summed E-state index contributed by atoms with van der Waals surface area (Å²) in [5, 5.41) is 0. The number of hydrogen-bond donors (Lipinski definition) is 0. The van der Waals surface area contributed by atoms with Crippen LogP contribution in [0.15, 0.2) is 42.5 Å². The number of aryl methyl sites for hydroxylation is 1. The molecule has 2 aromatic rings. The third-order valence-corrected chi connectivity index (χ3v) is 4.46. The first kappa shape index (κ1) is 25.0. The summed E-state index contributed by atoms with van der Waals surface area (Å²) in [6.07, 6.45) is -8.59. The molecule has 0 radical (unpaired) electrons. The summed E-state index contributed by atoms with van der Waals surface area (Å²) in [7, 11) is 0. The number of carbonyl (C=O) groups excluding carboxylic acids is 1. The van der Waals surface area contributed by atoms with Crippen LogP contribution in [0.5, 0.6) is 5.75 Å². The average Bonchev–Trinajstić information content (AvgIpc) is 2.70. The van der Waals surface area contributed by atoms with Crippen molar-refractivity contribution in [2.24, 2.45) is 0 Å². The molecule has 0 aliphatic carbocycles. The Bertz CT molecular complexity index is 962. The van der Waals surface area contributed by atoms with Crippen molar-refractivity contribution in [2.75, 3.05) is 24.6 Å². The predicted molar refractivity (Wildman–Crippen MR) is 107 cm³/mol. The molecule has 2 rings (SSSR count). The molecule has 0 saturated carbocycles. The van der Waals surface area contributed by atoms with E-state index in [1.807, 2.05) is 0 Å². The molecule has 0 aromatic heterocycles. The first-order valence-corrected chi connectivity index (χ1v) is 9.50. The van der Waals surface area contributed by atoms with E-state index in [1.165, 1.54) is 6.92 Å². The smallest absolute Gasteiger partial charge is 0.407 e. The highest BCUT2D eigenvalue weighted by atomic mass is 19.4. The van der Waals surface area contributed by atoms with Gasteiger partial charge in [-0.25, -0.2) is 4.85 Å². The van der Waals surface area contributed by atoms with Gasteiger partial charge in [0.05, 0.1) is 18.7 Å². The van der Waals surface area contributed by atoms with Crippen molar-refractivity contribution in [2.45, 2.75) is 32.1 Å². The Labute approximate surface area is 181 Å². The molecule has 0 spiro atoms. The first-order chi connectivity index (χ1) is 14.9. The maximum Gasteiger partial charge on any atom is 0.407 e. The van der Waals surface area contributed by atoms with Gasteiger partial charge in [0, 0.05) is 12.1 Å². The zero-order valence-corrected chi connectivity index (χ0v) is 17.1. The van der Waals surface area contributed by atoms with Crippen LogP contribution in [0.25, 0.3) is 4.85 Å². The van der Waals surface area contributed by atoms with E-state index in [9.17, 15) is 31.1 Å². The number of Topliss-reactive ketones (excluding diaryl/α,β-unsaturated/α-hetero) is 1.